The van der Waals surface area contributed by atoms with Crippen LogP contribution in [-0.4, -0.2) is 19.1 Å². The number of methoxy groups -OCH3 is 1. The maximum Gasteiger partial charge on any atom is 0.337 e. The number of nitrogens with one attached hydrogen (secondary N) is 1. The molecule has 1 aromatic carbocycles. The van der Waals surface area contributed by atoms with Crippen LogP contribution < -0.4 is 5.32 Å². The Morgan fingerprint density at radius 1 is 1.47 bits per heavy atom. The Morgan fingerprint density at radius 2 is 2.26 bits per heavy atom. The Hall–Kier alpha value is -1.22. The van der Waals surface area contributed by atoms with Gasteiger partial charge in [-0.1, -0.05) is 24.9 Å². The second-order valence-electron chi connectivity index (χ2n) is 5.11. The van der Waals surface area contributed by atoms with Crippen molar-refractivity contribution in [3.63, 3.8) is 0 Å². The van der Waals surface area contributed by atoms with Gasteiger partial charge in [0.1, 0.15) is 0 Å². The van der Waals surface area contributed by atoms with Gasteiger partial charge in [0.2, 0.25) is 0 Å². The Labute approximate surface area is 119 Å². The summed E-state index contributed by atoms with van der Waals surface area (Å²) in [5.74, 6) is 0.470. The smallest absolute Gasteiger partial charge is 0.337 e. The van der Waals surface area contributed by atoms with Crippen molar-refractivity contribution in [2.75, 3.05) is 12.4 Å². The normalized spacial score (nSPS) is 22.3. The summed E-state index contributed by atoms with van der Waals surface area (Å²) in [6.07, 6.45) is 4.84. The third kappa shape index (κ3) is 3.41. The number of carbonyl (C=O) groups excluding carboxylic acids is 1. The first-order valence-corrected chi connectivity index (χ1v) is 7.16. The highest BCUT2D eigenvalue weighted by Crippen LogP contribution is 2.32. The zero-order valence-corrected chi connectivity index (χ0v) is 12.2. The molecule has 1 fully saturated rings. The number of ether oxygens (including phenoxy) is 1. The van der Waals surface area contributed by atoms with Gasteiger partial charge in [-0.25, -0.2) is 4.79 Å². The zero-order chi connectivity index (χ0) is 13.8. The van der Waals surface area contributed by atoms with E-state index in [0.717, 1.165) is 18.0 Å². The monoisotopic (exact) mass is 281 g/mol. The molecule has 0 spiro atoms. The number of hydrogen-bond acceptors (Lipinski definition) is 3. The van der Waals surface area contributed by atoms with Crippen molar-refractivity contribution in [1.29, 1.82) is 0 Å². The van der Waals surface area contributed by atoms with Crippen molar-refractivity contribution in [3.05, 3.63) is 28.8 Å². The maximum absolute atomic E-state index is 11.5. The molecule has 0 radical (unpaired) electrons. The van der Waals surface area contributed by atoms with Gasteiger partial charge in [-0.2, -0.15) is 0 Å². The molecule has 2 rings (SSSR count). The van der Waals surface area contributed by atoms with Crippen LogP contribution in [0.3, 0.4) is 0 Å². The maximum atomic E-state index is 11.5. The molecular weight excluding hydrogens is 262 g/mol. The summed E-state index contributed by atoms with van der Waals surface area (Å²) in [6, 6.07) is 5.65. The summed E-state index contributed by atoms with van der Waals surface area (Å²) < 4.78 is 4.73. The zero-order valence-electron chi connectivity index (χ0n) is 11.4. The summed E-state index contributed by atoms with van der Waals surface area (Å²) in [4.78, 5) is 11.5. The van der Waals surface area contributed by atoms with Gasteiger partial charge in [-0.3, -0.25) is 0 Å². The van der Waals surface area contributed by atoms with Crippen LogP contribution in [0.2, 0.25) is 5.02 Å². The SMILES string of the molecule is CCC1CCC(Nc2cc(C(=O)OC)ccc2Cl)C1. The summed E-state index contributed by atoms with van der Waals surface area (Å²) in [5, 5.41) is 4.10. The molecule has 1 saturated carbocycles. The second kappa shape index (κ2) is 6.29. The van der Waals surface area contributed by atoms with E-state index in [1.54, 1.807) is 18.2 Å². The van der Waals surface area contributed by atoms with E-state index in [1.807, 2.05) is 0 Å². The molecule has 0 amide bonds. The second-order valence-corrected chi connectivity index (χ2v) is 5.52. The van der Waals surface area contributed by atoms with E-state index in [1.165, 1.54) is 26.4 Å². The molecule has 0 heterocycles. The fourth-order valence-corrected chi connectivity index (χ4v) is 2.85. The van der Waals surface area contributed by atoms with E-state index in [4.69, 9.17) is 16.3 Å². The van der Waals surface area contributed by atoms with Crippen molar-refractivity contribution >= 4 is 23.3 Å². The lowest BCUT2D eigenvalue weighted by atomic mass is 10.1. The molecule has 2 unspecified atom stereocenters. The molecule has 0 aliphatic heterocycles. The minimum Gasteiger partial charge on any atom is -0.465 e. The highest BCUT2D eigenvalue weighted by atomic mass is 35.5. The van der Waals surface area contributed by atoms with Gasteiger partial charge in [0, 0.05) is 6.04 Å². The average molecular weight is 282 g/mol. The average Bonchev–Trinajstić information content (AvgIpc) is 2.88. The van der Waals surface area contributed by atoms with Crippen LogP contribution in [0.5, 0.6) is 0 Å². The molecule has 1 aliphatic carbocycles. The van der Waals surface area contributed by atoms with Crippen molar-refractivity contribution in [2.45, 2.75) is 38.6 Å². The summed E-state index contributed by atoms with van der Waals surface area (Å²) in [5.41, 5.74) is 1.35. The first-order valence-electron chi connectivity index (χ1n) is 6.78. The number of rotatable bonds is 4. The molecule has 104 valence electrons. The van der Waals surface area contributed by atoms with Crippen LogP contribution in [0.1, 0.15) is 43.0 Å². The number of benzene rings is 1. The fraction of sp³-hybridized carbons (Fsp3) is 0.533. The van der Waals surface area contributed by atoms with E-state index in [0.29, 0.717) is 16.6 Å². The standard InChI is InChI=1S/C15H20ClNO2/c1-3-10-4-6-12(8-10)17-14-9-11(15(18)19-2)5-7-13(14)16/h5,7,9-10,12,17H,3-4,6,8H2,1-2H3. The molecule has 1 N–H and O–H groups in total. The Morgan fingerprint density at radius 3 is 2.89 bits per heavy atom. The summed E-state index contributed by atoms with van der Waals surface area (Å²) in [7, 11) is 1.38. The highest BCUT2D eigenvalue weighted by molar-refractivity contribution is 6.33. The largest absolute Gasteiger partial charge is 0.465 e. The van der Waals surface area contributed by atoms with Gasteiger partial charge in [-0.15, -0.1) is 0 Å². The van der Waals surface area contributed by atoms with Crippen molar-refractivity contribution in [2.24, 2.45) is 5.92 Å². The molecule has 19 heavy (non-hydrogen) atoms. The van der Waals surface area contributed by atoms with E-state index in [9.17, 15) is 4.79 Å². The Kier molecular flexibility index (Phi) is 4.70. The number of hydrogen-bond donors (Lipinski definition) is 1. The van der Waals surface area contributed by atoms with Crippen LogP contribution in [0.25, 0.3) is 0 Å². The van der Waals surface area contributed by atoms with E-state index >= 15 is 0 Å². The van der Waals surface area contributed by atoms with Gasteiger partial charge in [0.25, 0.3) is 0 Å². The molecule has 0 saturated heterocycles. The summed E-state index contributed by atoms with van der Waals surface area (Å²) >= 11 is 6.18. The molecule has 4 heteroatoms. The molecular formula is C15H20ClNO2. The molecule has 0 aromatic heterocycles. The Bertz CT molecular complexity index is 461. The van der Waals surface area contributed by atoms with Crippen LogP contribution in [0, 0.1) is 5.92 Å². The molecule has 1 aliphatic rings. The van der Waals surface area contributed by atoms with Crippen LogP contribution in [0.15, 0.2) is 18.2 Å². The number of anilines is 1. The van der Waals surface area contributed by atoms with Crippen LogP contribution >= 0.6 is 11.6 Å². The molecule has 2 atom stereocenters. The third-order valence-electron chi connectivity index (χ3n) is 3.87. The minimum absolute atomic E-state index is 0.336. The van der Waals surface area contributed by atoms with Gasteiger partial charge in [-0.05, 0) is 43.4 Å². The van der Waals surface area contributed by atoms with Crippen molar-refractivity contribution < 1.29 is 9.53 Å². The van der Waals surface area contributed by atoms with Gasteiger partial charge in [0.15, 0.2) is 0 Å². The van der Waals surface area contributed by atoms with Gasteiger partial charge >= 0.3 is 5.97 Å². The first-order chi connectivity index (χ1) is 9.13. The third-order valence-corrected chi connectivity index (χ3v) is 4.20. The van der Waals surface area contributed by atoms with E-state index in [2.05, 4.69) is 12.2 Å². The highest BCUT2D eigenvalue weighted by Gasteiger charge is 2.23. The number of esters is 1. The topological polar surface area (TPSA) is 38.3 Å². The minimum atomic E-state index is -0.336. The molecule has 3 nitrogen and oxygen atoms in total. The number of halogens is 1. The fourth-order valence-electron chi connectivity index (χ4n) is 2.68. The molecule has 0 bridgehead atoms. The lowest BCUT2D eigenvalue weighted by Crippen LogP contribution is -2.16. The van der Waals surface area contributed by atoms with Crippen LogP contribution in [0.4, 0.5) is 5.69 Å². The lowest BCUT2D eigenvalue weighted by Gasteiger charge is -2.16. The predicted molar refractivity (Wildman–Crippen MR) is 77.8 cm³/mol. The molecule has 1 aromatic rings. The Balaban J connectivity index is 2.09. The van der Waals surface area contributed by atoms with Crippen molar-refractivity contribution in [3.8, 4) is 0 Å². The predicted octanol–water partition coefficient (Wildman–Crippen LogP) is 4.12. The van der Waals surface area contributed by atoms with E-state index < -0.39 is 0 Å². The van der Waals surface area contributed by atoms with Crippen molar-refractivity contribution in [1.82, 2.24) is 0 Å². The number of carbonyl (C=O) groups is 1. The lowest BCUT2D eigenvalue weighted by molar-refractivity contribution is 0.0601. The van der Waals surface area contributed by atoms with Gasteiger partial charge < -0.3 is 10.1 Å². The van der Waals surface area contributed by atoms with Crippen LogP contribution in [-0.2, 0) is 4.74 Å². The quantitative estimate of drug-likeness (QED) is 0.844. The first kappa shape index (κ1) is 14.2. The van der Waals surface area contributed by atoms with Gasteiger partial charge in [0.05, 0.1) is 23.4 Å². The van der Waals surface area contributed by atoms with E-state index in [-0.39, 0.29) is 5.97 Å². The summed E-state index contributed by atoms with van der Waals surface area (Å²) in [6.45, 7) is 2.23.